The number of nitrogens with one attached hydrogen (secondary N) is 2. The van der Waals surface area contributed by atoms with Gasteiger partial charge in [0.1, 0.15) is 0 Å². The number of methoxy groups -OCH3 is 1. The minimum absolute atomic E-state index is 0.103. The van der Waals surface area contributed by atoms with E-state index in [4.69, 9.17) is 4.74 Å². The van der Waals surface area contributed by atoms with Crippen molar-refractivity contribution in [3.63, 3.8) is 0 Å². The molecule has 3 amide bonds. The van der Waals surface area contributed by atoms with E-state index >= 15 is 0 Å². The lowest BCUT2D eigenvalue weighted by Crippen LogP contribution is -2.45. The predicted molar refractivity (Wildman–Crippen MR) is 99.2 cm³/mol. The largest absolute Gasteiger partial charge is 0.481 e. The summed E-state index contributed by atoms with van der Waals surface area (Å²) in [5.41, 5.74) is 1.36. The Morgan fingerprint density at radius 3 is 2.62 bits per heavy atom. The molecule has 136 valence electrons. The van der Waals surface area contributed by atoms with Gasteiger partial charge in [-0.1, -0.05) is 18.2 Å². The van der Waals surface area contributed by atoms with E-state index in [1.54, 1.807) is 23.2 Å². The summed E-state index contributed by atoms with van der Waals surface area (Å²) in [5, 5.41) is 5.72. The minimum atomic E-state index is -0.243. The lowest BCUT2D eigenvalue weighted by atomic mass is 9.97. The Kier molecular flexibility index (Phi) is 5.68. The molecule has 7 heteroatoms. The number of pyridine rings is 1. The Morgan fingerprint density at radius 1 is 1.12 bits per heavy atom. The minimum Gasteiger partial charge on any atom is -0.481 e. The second-order valence-electron chi connectivity index (χ2n) is 6.16. The first kappa shape index (κ1) is 17.7. The number of hydrogen-bond acceptors (Lipinski definition) is 4. The third-order valence-electron chi connectivity index (χ3n) is 4.32. The first-order chi connectivity index (χ1) is 12.7. The average Bonchev–Trinajstić information content (AvgIpc) is 2.69. The Hall–Kier alpha value is -3.09. The number of hydrogen-bond donors (Lipinski definition) is 2. The molecule has 0 spiro atoms. The molecular formula is C19H22N4O3. The normalized spacial score (nSPS) is 16.7. The molecule has 0 aliphatic carbocycles. The van der Waals surface area contributed by atoms with Crippen molar-refractivity contribution < 1.29 is 14.3 Å². The van der Waals surface area contributed by atoms with Crippen LogP contribution in [0.5, 0.6) is 5.88 Å². The fourth-order valence-electron chi connectivity index (χ4n) is 2.92. The first-order valence-corrected chi connectivity index (χ1v) is 8.57. The summed E-state index contributed by atoms with van der Waals surface area (Å²) in [6.07, 6.45) is 3.10. The van der Waals surface area contributed by atoms with Crippen LogP contribution in [0.3, 0.4) is 0 Å². The highest BCUT2D eigenvalue weighted by Crippen LogP contribution is 2.20. The fourth-order valence-corrected chi connectivity index (χ4v) is 2.92. The molecule has 0 bridgehead atoms. The molecule has 2 N–H and O–H groups in total. The summed E-state index contributed by atoms with van der Waals surface area (Å²) < 4.78 is 5.00. The summed E-state index contributed by atoms with van der Waals surface area (Å²) in [4.78, 5) is 30.7. The van der Waals surface area contributed by atoms with E-state index in [0.717, 1.165) is 18.5 Å². The number of carbonyl (C=O) groups is 2. The quantitative estimate of drug-likeness (QED) is 0.884. The van der Waals surface area contributed by atoms with Gasteiger partial charge < -0.3 is 20.3 Å². The van der Waals surface area contributed by atoms with Crippen LogP contribution < -0.4 is 15.4 Å². The second kappa shape index (κ2) is 8.33. The molecule has 1 aromatic heterocycles. The predicted octanol–water partition coefficient (Wildman–Crippen LogP) is 2.97. The van der Waals surface area contributed by atoms with E-state index in [0.29, 0.717) is 24.7 Å². The van der Waals surface area contributed by atoms with Crippen molar-refractivity contribution in [1.29, 1.82) is 0 Å². The molecule has 26 heavy (non-hydrogen) atoms. The van der Waals surface area contributed by atoms with Crippen molar-refractivity contribution in [1.82, 2.24) is 9.88 Å². The van der Waals surface area contributed by atoms with E-state index < -0.39 is 0 Å². The van der Waals surface area contributed by atoms with Crippen LogP contribution in [-0.2, 0) is 4.79 Å². The van der Waals surface area contributed by atoms with Gasteiger partial charge in [0.2, 0.25) is 11.8 Å². The van der Waals surface area contributed by atoms with Crippen LogP contribution >= 0.6 is 0 Å². The molecule has 1 fully saturated rings. The topological polar surface area (TPSA) is 83.6 Å². The average molecular weight is 354 g/mol. The maximum Gasteiger partial charge on any atom is 0.321 e. The summed E-state index contributed by atoms with van der Waals surface area (Å²) >= 11 is 0. The molecule has 2 heterocycles. The Balaban J connectivity index is 1.56. The highest BCUT2D eigenvalue weighted by Gasteiger charge is 2.28. The number of ether oxygens (including phenoxy) is 1. The number of piperidine rings is 1. The molecule has 0 radical (unpaired) electrons. The first-order valence-electron chi connectivity index (χ1n) is 8.57. The lowest BCUT2D eigenvalue weighted by Gasteiger charge is -2.32. The van der Waals surface area contributed by atoms with E-state index in [1.165, 1.54) is 7.11 Å². The van der Waals surface area contributed by atoms with Gasteiger partial charge in [-0.05, 0) is 31.0 Å². The zero-order chi connectivity index (χ0) is 18.4. The summed E-state index contributed by atoms with van der Waals surface area (Å²) in [5.74, 6) is 0.144. The molecule has 3 rings (SSSR count). The van der Waals surface area contributed by atoms with Crippen LogP contribution in [0.15, 0.2) is 48.7 Å². The van der Waals surface area contributed by atoms with Crippen molar-refractivity contribution >= 4 is 23.3 Å². The van der Waals surface area contributed by atoms with Gasteiger partial charge in [-0.25, -0.2) is 9.78 Å². The van der Waals surface area contributed by atoms with E-state index in [-0.39, 0.29) is 17.9 Å². The van der Waals surface area contributed by atoms with Crippen LogP contribution in [0.25, 0.3) is 0 Å². The van der Waals surface area contributed by atoms with Crippen LogP contribution in [-0.4, -0.2) is 42.0 Å². The number of anilines is 2. The van der Waals surface area contributed by atoms with Crippen LogP contribution in [0.2, 0.25) is 0 Å². The number of carbonyl (C=O) groups excluding carboxylic acids is 2. The maximum absolute atomic E-state index is 12.5. The smallest absolute Gasteiger partial charge is 0.321 e. The monoisotopic (exact) mass is 354 g/mol. The van der Waals surface area contributed by atoms with Gasteiger partial charge in [-0.15, -0.1) is 0 Å². The highest BCUT2D eigenvalue weighted by molar-refractivity contribution is 5.94. The van der Waals surface area contributed by atoms with Crippen molar-refractivity contribution in [3.8, 4) is 5.88 Å². The number of likely N-dealkylation sites (tertiary alicyclic amines) is 1. The molecule has 1 atom stereocenters. The summed E-state index contributed by atoms with van der Waals surface area (Å²) in [6.45, 7) is 1.04. The fraction of sp³-hybridized carbons (Fsp3) is 0.316. The third-order valence-corrected chi connectivity index (χ3v) is 4.32. The molecule has 7 nitrogen and oxygen atoms in total. The lowest BCUT2D eigenvalue weighted by molar-refractivity contribution is -0.121. The van der Waals surface area contributed by atoms with Gasteiger partial charge in [-0.3, -0.25) is 4.79 Å². The van der Waals surface area contributed by atoms with Crippen LogP contribution in [0.1, 0.15) is 12.8 Å². The van der Waals surface area contributed by atoms with Crippen LogP contribution in [0.4, 0.5) is 16.2 Å². The van der Waals surface area contributed by atoms with Gasteiger partial charge in [-0.2, -0.15) is 0 Å². The molecule has 0 unspecified atom stereocenters. The number of aromatic nitrogens is 1. The SMILES string of the molecule is COc1ccc(NC(=O)[C@H]2CCCN(C(=O)Nc3ccccc3)C2)cn1. The van der Waals surface area contributed by atoms with Crippen molar-refractivity contribution in [2.24, 2.45) is 5.92 Å². The standard InChI is InChI=1S/C19H22N4O3/c1-26-17-10-9-16(12-20-17)21-18(24)14-6-5-11-23(13-14)19(25)22-15-7-3-2-4-8-15/h2-4,7-10,12,14H,5-6,11,13H2,1H3,(H,21,24)(H,22,25)/t14-/m0/s1. The zero-order valence-electron chi connectivity index (χ0n) is 14.6. The van der Waals surface area contributed by atoms with Crippen LogP contribution in [0, 0.1) is 5.92 Å². The Bertz CT molecular complexity index is 749. The van der Waals surface area contributed by atoms with Gasteiger partial charge in [0.05, 0.1) is 24.9 Å². The second-order valence-corrected chi connectivity index (χ2v) is 6.16. The molecule has 1 aliphatic rings. The third kappa shape index (κ3) is 4.50. The Labute approximate surface area is 152 Å². The van der Waals surface area contributed by atoms with E-state index in [9.17, 15) is 9.59 Å². The van der Waals surface area contributed by atoms with Gasteiger partial charge >= 0.3 is 6.03 Å². The molecule has 1 saturated heterocycles. The van der Waals surface area contributed by atoms with E-state index in [1.807, 2.05) is 30.3 Å². The van der Waals surface area contributed by atoms with Crippen molar-refractivity contribution in [3.05, 3.63) is 48.7 Å². The molecular weight excluding hydrogens is 332 g/mol. The van der Waals surface area contributed by atoms with Gasteiger partial charge in [0, 0.05) is 24.8 Å². The molecule has 1 aromatic carbocycles. The van der Waals surface area contributed by atoms with Gasteiger partial charge in [0.25, 0.3) is 0 Å². The Morgan fingerprint density at radius 2 is 1.92 bits per heavy atom. The summed E-state index contributed by atoms with van der Waals surface area (Å²) in [7, 11) is 1.54. The number of nitrogens with zero attached hydrogens (tertiary/aromatic N) is 2. The van der Waals surface area contributed by atoms with Crippen molar-refractivity contribution in [2.75, 3.05) is 30.8 Å². The number of benzene rings is 1. The van der Waals surface area contributed by atoms with E-state index in [2.05, 4.69) is 15.6 Å². The summed E-state index contributed by atoms with van der Waals surface area (Å²) in [6, 6.07) is 12.6. The molecule has 2 aromatic rings. The van der Waals surface area contributed by atoms with Gasteiger partial charge in [0.15, 0.2) is 0 Å². The number of rotatable bonds is 4. The number of para-hydroxylation sites is 1. The zero-order valence-corrected chi connectivity index (χ0v) is 14.6. The number of amides is 3. The highest BCUT2D eigenvalue weighted by atomic mass is 16.5. The van der Waals surface area contributed by atoms with Crippen molar-refractivity contribution in [2.45, 2.75) is 12.8 Å². The molecule has 1 aliphatic heterocycles. The maximum atomic E-state index is 12.5. The molecule has 0 saturated carbocycles. The number of urea groups is 1.